The van der Waals surface area contributed by atoms with Crippen molar-refractivity contribution in [3.05, 3.63) is 59.4 Å². The van der Waals surface area contributed by atoms with Gasteiger partial charge in [-0.2, -0.15) is 5.10 Å². The second-order valence-electron chi connectivity index (χ2n) is 6.29. The number of fused-ring (bicyclic) bond motifs is 1. The number of carbonyl (C=O) groups excluding carboxylic acids is 1. The lowest BCUT2D eigenvalue weighted by Crippen LogP contribution is -2.17. The third-order valence-corrected chi connectivity index (χ3v) is 4.31. The monoisotopic (exact) mass is 349 g/mol. The van der Waals surface area contributed by atoms with Crippen molar-refractivity contribution >= 4 is 28.8 Å². The average Bonchev–Trinajstić information content (AvgIpc) is 2.96. The Labute approximate surface area is 153 Å². The first-order valence-electron chi connectivity index (χ1n) is 8.57. The van der Waals surface area contributed by atoms with Crippen molar-refractivity contribution < 1.29 is 4.79 Å². The first-order valence-corrected chi connectivity index (χ1v) is 8.57. The van der Waals surface area contributed by atoms with E-state index in [1.54, 1.807) is 18.3 Å². The fourth-order valence-corrected chi connectivity index (χ4v) is 2.88. The van der Waals surface area contributed by atoms with Crippen molar-refractivity contribution in [1.29, 1.82) is 0 Å². The van der Waals surface area contributed by atoms with Gasteiger partial charge in [0.15, 0.2) is 0 Å². The highest BCUT2D eigenvalue weighted by Crippen LogP contribution is 2.17. The Morgan fingerprint density at radius 2 is 1.96 bits per heavy atom. The second kappa shape index (κ2) is 7.39. The molecule has 0 bridgehead atoms. The molecule has 3 rings (SSSR count). The molecule has 1 amide bonds. The van der Waals surface area contributed by atoms with Gasteiger partial charge in [0.25, 0.3) is 5.91 Å². The summed E-state index contributed by atoms with van der Waals surface area (Å²) in [5.74, 6) is 0.691. The van der Waals surface area contributed by atoms with E-state index in [0.29, 0.717) is 5.56 Å². The maximum Gasteiger partial charge on any atom is 0.271 e. The van der Waals surface area contributed by atoms with Gasteiger partial charge in [0.1, 0.15) is 5.82 Å². The molecular formula is C20H23N5O. The molecule has 0 saturated carbocycles. The molecule has 6 nitrogen and oxygen atoms in total. The topological polar surface area (TPSA) is 62.5 Å². The molecule has 2 aromatic carbocycles. The van der Waals surface area contributed by atoms with Gasteiger partial charge in [-0.3, -0.25) is 4.79 Å². The molecule has 1 N–H and O–H groups in total. The molecule has 3 aromatic rings. The summed E-state index contributed by atoms with van der Waals surface area (Å²) in [5.41, 5.74) is 7.00. The number of carbonyl (C=O) groups is 1. The van der Waals surface area contributed by atoms with Crippen LogP contribution in [0.1, 0.15) is 28.7 Å². The maximum absolute atomic E-state index is 12.3. The van der Waals surface area contributed by atoms with E-state index in [4.69, 9.17) is 0 Å². The number of rotatable bonds is 5. The summed E-state index contributed by atoms with van der Waals surface area (Å²) in [6.45, 7) is 4.90. The van der Waals surface area contributed by atoms with Crippen molar-refractivity contribution in [2.45, 2.75) is 20.4 Å². The number of hydrogen-bond acceptors (Lipinski definition) is 4. The number of benzene rings is 2. The van der Waals surface area contributed by atoms with E-state index < -0.39 is 0 Å². The molecule has 1 aromatic heterocycles. The molecule has 0 spiro atoms. The molecule has 0 radical (unpaired) electrons. The quantitative estimate of drug-likeness (QED) is 0.568. The van der Waals surface area contributed by atoms with E-state index in [1.807, 2.05) is 56.3 Å². The zero-order valence-corrected chi connectivity index (χ0v) is 15.5. The SMILES string of the molecule is CCn1c(C)nc2cc(C(=O)NN=Cc3ccc(N(C)C)cc3)ccc21. The van der Waals surface area contributed by atoms with Gasteiger partial charge >= 0.3 is 0 Å². The van der Waals surface area contributed by atoms with Crippen LogP contribution in [0.2, 0.25) is 0 Å². The van der Waals surface area contributed by atoms with Crippen molar-refractivity contribution in [2.75, 3.05) is 19.0 Å². The minimum absolute atomic E-state index is 0.253. The Bertz CT molecular complexity index is 954. The van der Waals surface area contributed by atoms with Crippen LogP contribution < -0.4 is 10.3 Å². The summed E-state index contributed by atoms with van der Waals surface area (Å²) in [5, 5.41) is 4.05. The number of nitrogens with one attached hydrogen (secondary N) is 1. The van der Waals surface area contributed by atoms with Crippen LogP contribution in [-0.4, -0.2) is 35.8 Å². The average molecular weight is 349 g/mol. The Morgan fingerprint density at radius 1 is 1.23 bits per heavy atom. The van der Waals surface area contributed by atoms with Crippen LogP contribution in [0.25, 0.3) is 11.0 Å². The largest absolute Gasteiger partial charge is 0.378 e. The van der Waals surface area contributed by atoms with Crippen LogP contribution in [0.3, 0.4) is 0 Å². The zero-order valence-electron chi connectivity index (χ0n) is 15.5. The first kappa shape index (κ1) is 17.7. The predicted molar refractivity (Wildman–Crippen MR) is 106 cm³/mol. The van der Waals surface area contributed by atoms with Crippen LogP contribution >= 0.6 is 0 Å². The summed E-state index contributed by atoms with van der Waals surface area (Å²) < 4.78 is 2.12. The Hall–Kier alpha value is -3.15. The lowest BCUT2D eigenvalue weighted by atomic mass is 10.2. The number of hydrazone groups is 1. The van der Waals surface area contributed by atoms with E-state index in [2.05, 4.69) is 27.0 Å². The molecule has 0 fully saturated rings. The van der Waals surface area contributed by atoms with E-state index >= 15 is 0 Å². The standard InChI is InChI=1S/C20H23N5O/c1-5-25-14(2)22-18-12-16(8-11-19(18)25)20(26)23-21-13-15-6-9-17(10-7-15)24(3)4/h6-13H,5H2,1-4H3,(H,23,26). The molecule has 0 aliphatic heterocycles. The van der Waals surface area contributed by atoms with Gasteiger partial charge in [0, 0.05) is 31.9 Å². The Kier molecular flexibility index (Phi) is 5.02. The van der Waals surface area contributed by atoms with Crippen LogP contribution in [0.15, 0.2) is 47.6 Å². The summed E-state index contributed by atoms with van der Waals surface area (Å²) in [6, 6.07) is 13.4. The maximum atomic E-state index is 12.3. The van der Waals surface area contributed by atoms with Gasteiger partial charge in [-0.15, -0.1) is 0 Å². The molecule has 1 heterocycles. The number of aromatic nitrogens is 2. The normalized spacial score (nSPS) is 11.2. The number of amides is 1. The van der Waals surface area contributed by atoms with Crippen molar-refractivity contribution in [2.24, 2.45) is 5.10 Å². The molecule has 0 atom stereocenters. The molecule has 6 heteroatoms. The summed E-state index contributed by atoms with van der Waals surface area (Å²) in [6.07, 6.45) is 1.63. The van der Waals surface area contributed by atoms with Crippen LogP contribution in [0.5, 0.6) is 0 Å². The number of aryl methyl sites for hydroxylation is 2. The number of nitrogens with zero attached hydrogens (tertiary/aromatic N) is 4. The molecule has 26 heavy (non-hydrogen) atoms. The number of hydrogen-bond donors (Lipinski definition) is 1. The van der Waals surface area contributed by atoms with E-state index in [9.17, 15) is 4.79 Å². The summed E-state index contributed by atoms with van der Waals surface area (Å²) in [4.78, 5) is 18.9. The molecule has 0 aliphatic carbocycles. The highest BCUT2D eigenvalue weighted by Gasteiger charge is 2.10. The lowest BCUT2D eigenvalue weighted by Gasteiger charge is -2.11. The van der Waals surface area contributed by atoms with E-state index in [1.165, 1.54) is 0 Å². The molecule has 0 unspecified atom stereocenters. The fraction of sp³-hybridized carbons (Fsp3) is 0.250. The van der Waals surface area contributed by atoms with E-state index in [-0.39, 0.29) is 5.91 Å². The minimum Gasteiger partial charge on any atom is -0.378 e. The highest BCUT2D eigenvalue weighted by atomic mass is 16.2. The van der Waals surface area contributed by atoms with Gasteiger partial charge < -0.3 is 9.47 Å². The van der Waals surface area contributed by atoms with Crippen LogP contribution in [0, 0.1) is 6.92 Å². The van der Waals surface area contributed by atoms with E-state index in [0.717, 1.165) is 34.7 Å². The van der Waals surface area contributed by atoms with Crippen molar-refractivity contribution in [1.82, 2.24) is 15.0 Å². The van der Waals surface area contributed by atoms with Crippen LogP contribution in [-0.2, 0) is 6.54 Å². The van der Waals surface area contributed by atoms with Gasteiger partial charge in [-0.05, 0) is 49.7 Å². The smallest absolute Gasteiger partial charge is 0.271 e. The Balaban J connectivity index is 1.70. The van der Waals surface area contributed by atoms with Gasteiger partial charge in [0.05, 0.1) is 17.2 Å². The van der Waals surface area contributed by atoms with Gasteiger partial charge in [-0.1, -0.05) is 12.1 Å². The number of imidazole rings is 1. The molecule has 0 saturated heterocycles. The highest BCUT2D eigenvalue weighted by molar-refractivity contribution is 5.98. The summed E-state index contributed by atoms with van der Waals surface area (Å²) >= 11 is 0. The zero-order chi connectivity index (χ0) is 18.7. The first-order chi connectivity index (χ1) is 12.5. The van der Waals surface area contributed by atoms with Gasteiger partial charge in [-0.25, -0.2) is 10.4 Å². The number of anilines is 1. The predicted octanol–water partition coefficient (Wildman–Crippen LogP) is 3.19. The fourth-order valence-electron chi connectivity index (χ4n) is 2.88. The lowest BCUT2D eigenvalue weighted by molar-refractivity contribution is 0.0955. The summed E-state index contributed by atoms with van der Waals surface area (Å²) in [7, 11) is 3.98. The Morgan fingerprint density at radius 3 is 2.62 bits per heavy atom. The van der Waals surface area contributed by atoms with Gasteiger partial charge in [0.2, 0.25) is 0 Å². The second-order valence-corrected chi connectivity index (χ2v) is 6.29. The molecular weight excluding hydrogens is 326 g/mol. The van der Waals surface area contributed by atoms with Crippen molar-refractivity contribution in [3.63, 3.8) is 0 Å². The third kappa shape index (κ3) is 3.59. The third-order valence-electron chi connectivity index (χ3n) is 4.31. The molecule has 134 valence electrons. The van der Waals surface area contributed by atoms with Crippen LogP contribution in [0.4, 0.5) is 5.69 Å². The minimum atomic E-state index is -0.253. The molecule has 0 aliphatic rings. The van der Waals surface area contributed by atoms with Crippen molar-refractivity contribution in [3.8, 4) is 0 Å².